The van der Waals surface area contributed by atoms with E-state index in [1.165, 1.54) is 111 Å². The Balaban J connectivity index is 0.000000118. The van der Waals surface area contributed by atoms with E-state index in [2.05, 4.69) is 139 Å². The minimum absolute atomic E-state index is 0.0618. The van der Waals surface area contributed by atoms with Gasteiger partial charge in [-0.05, 0) is 133 Å². The first-order valence-electron chi connectivity index (χ1n) is 41.0. The monoisotopic (exact) mass is 1750 g/mol. The number of benzene rings is 17. The maximum atomic E-state index is 10.6. The summed E-state index contributed by atoms with van der Waals surface area (Å²) in [4.78, 5) is 53.4. The van der Waals surface area contributed by atoms with Gasteiger partial charge < -0.3 is 78.7 Å². The van der Waals surface area contributed by atoms with Gasteiger partial charge in [-0.25, -0.2) is 19.9 Å². The number of rotatable bonds is 16. The van der Waals surface area contributed by atoms with E-state index >= 15 is 0 Å². The Morgan fingerprint density at radius 3 is 0.818 bits per heavy atom. The predicted molar refractivity (Wildman–Crippen MR) is 506 cm³/mol. The minimum atomic E-state index is -0.222. The van der Waals surface area contributed by atoms with Crippen molar-refractivity contribution in [1.82, 2.24) is 59.8 Å². The number of hydrogen-bond acceptors (Lipinski definition) is 28. The predicted octanol–water partition coefficient (Wildman–Crippen LogP) is 20.9. The Morgan fingerprint density at radius 1 is 0.167 bits per heavy atom. The van der Waals surface area contributed by atoms with Crippen molar-refractivity contribution >= 4 is 97.0 Å². The molecule has 132 heavy (non-hydrogen) atoms. The van der Waals surface area contributed by atoms with Gasteiger partial charge in [0.2, 0.25) is 0 Å². The van der Waals surface area contributed by atoms with Crippen LogP contribution < -0.4 is 37.9 Å². The fraction of sp³-hybridized carbons (Fsp3) is 0.0769. The number of aromatic hydroxyl groups is 8. The SMILES string of the molecule is COc1cc(O)c(-c2nc(OC)nc(-c3c4ccccc4cc4ccccc34)n2)c(O)c1.COc1cc(O)c(-c2nc(OC)nc(-c3cc4c5ccccc5ccc4c4ccccc34)n2)c(O)c1.COc1cc(O)c(-c2nc(OC)nc(-c3cc4ccccc4c4ccccc34)n2)c(O)c1.COc1cc(O)c(-c2nc(OC)nc(-c3ccc4cc5ccccc5cc4c3)n2)c(O)c1. The first-order chi connectivity index (χ1) is 64.3. The van der Waals surface area contributed by atoms with E-state index in [4.69, 9.17) is 37.9 Å². The second-order valence-electron chi connectivity index (χ2n) is 30.0. The molecule has 17 aromatic carbocycles. The lowest BCUT2D eigenvalue weighted by Gasteiger charge is -2.14. The Kier molecular flexibility index (Phi) is 23.2. The zero-order valence-electron chi connectivity index (χ0n) is 71.8. The number of hydrogen-bond donors (Lipinski definition) is 8. The molecule has 21 rings (SSSR count). The third kappa shape index (κ3) is 16.5. The summed E-state index contributed by atoms with van der Waals surface area (Å²) in [7, 11) is 11.6. The van der Waals surface area contributed by atoms with E-state index in [0.29, 0.717) is 46.3 Å². The highest BCUT2D eigenvalue weighted by Gasteiger charge is 2.27. The van der Waals surface area contributed by atoms with Crippen molar-refractivity contribution < 1.29 is 78.7 Å². The first-order valence-corrected chi connectivity index (χ1v) is 41.0. The van der Waals surface area contributed by atoms with Crippen LogP contribution in [0.15, 0.2) is 279 Å². The van der Waals surface area contributed by atoms with Gasteiger partial charge in [0.25, 0.3) is 0 Å². The van der Waals surface area contributed by atoms with Crippen molar-refractivity contribution in [3.63, 3.8) is 0 Å². The lowest BCUT2D eigenvalue weighted by Crippen LogP contribution is -2.02. The first kappa shape index (κ1) is 84.7. The van der Waals surface area contributed by atoms with E-state index in [1.807, 2.05) is 152 Å². The summed E-state index contributed by atoms with van der Waals surface area (Å²) < 4.78 is 41.7. The average molecular weight is 1750 g/mol. The van der Waals surface area contributed by atoms with Crippen molar-refractivity contribution in [2.45, 2.75) is 0 Å². The van der Waals surface area contributed by atoms with Crippen LogP contribution in [0.4, 0.5) is 0 Å². The molecular weight excluding hydrogens is 1670 g/mol. The molecule has 0 aliphatic rings. The zero-order valence-corrected chi connectivity index (χ0v) is 71.8. The fourth-order valence-corrected chi connectivity index (χ4v) is 16.1. The van der Waals surface area contributed by atoms with Crippen LogP contribution in [0.5, 0.6) is 93.0 Å². The molecule has 28 heteroatoms. The number of aromatic nitrogens is 12. The topological polar surface area (TPSA) is 390 Å². The molecule has 4 aromatic heterocycles. The summed E-state index contributed by atoms with van der Waals surface area (Å²) in [6.45, 7) is 0. The molecule has 0 saturated carbocycles. The Bertz CT molecular complexity index is 7970. The molecule has 0 amide bonds. The van der Waals surface area contributed by atoms with Crippen LogP contribution in [0.2, 0.25) is 0 Å². The van der Waals surface area contributed by atoms with Gasteiger partial charge in [0, 0.05) is 70.8 Å². The van der Waals surface area contributed by atoms with Gasteiger partial charge in [-0.3, -0.25) is 0 Å². The van der Waals surface area contributed by atoms with Gasteiger partial charge in [-0.1, -0.05) is 194 Å². The third-order valence-electron chi connectivity index (χ3n) is 22.3. The zero-order chi connectivity index (χ0) is 91.5. The molecule has 0 spiro atoms. The fourth-order valence-electron chi connectivity index (χ4n) is 16.1. The molecule has 28 nitrogen and oxygen atoms in total. The molecule has 0 unspecified atom stereocenters. The van der Waals surface area contributed by atoms with Gasteiger partial charge in [0.1, 0.15) is 91.2 Å². The molecule has 0 atom stereocenters. The highest BCUT2D eigenvalue weighted by molar-refractivity contribution is 6.21. The van der Waals surface area contributed by atoms with Crippen LogP contribution in [0.1, 0.15) is 0 Å². The summed E-state index contributed by atoms with van der Waals surface area (Å²) in [5.74, 6) is 1.28. The summed E-state index contributed by atoms with van der Waals surface area (Å²) in [5.41, 5.74) is 3.40. The van der Waals surface area contributed by atoms with Crippen molar-refractivity contribution in [2.75, 3.05) is 56.9 Å². The lowest BCUT2D eigenvalue weighted by molar-refractivity contribution is 0.378. The second-order valence-corrected chi connectivity index (χ2v) is 30.0. The van der Waals surface area contributed by atoms with Crippen LogP contribution in [0.25, 0.3) is 188 Å². The van der Waals surface area contributed by atoms with E-state index < -0.39 is 0 Å². The highest BCUT2D eigenvalue weighted by atomic mass is 16.5. The second kappa shape index (κ2) is 36.1. The van der Waals surface area contributed by atoms with Crippen LogP contribution in [-0.2, 0) is 0 Å². The van der Waals surface area contributed by atoms with Crippen molar-refractivity contribution in [3.8, 4) is 184 Å². The molecule has 21 aromatic rings. The molecule has 650 valence electrons. The van der Waals surface area contributed by atoms with Crippen LogP contribution in [0, 0.1) is 0 Å². The smallest absolute Gasteiger partial charge is 0.320 e. The summed E-state index contributed by atoms with van der Waals surface area (Å²) in [6.07, 6.45) is 0. The molecule has 0 saturated heterocycles. The number of nitrogens with zero attached hydrogens (tertiary/aromatic N) is 12. The van der Waals surface area contributed by atoms with E-state index in [0.717, 1.165) is 114 Å². The van der Waals surface area contributed by atoms with E-state index in [1.54, 1.807) is 0 Å². The van der Waals surface area contributed by atoms with Crippen molar-refractivity contribution in [1.29, 1.82) is 0 Å². The normalized spacial score (nSPS) is 11.1. The minimum Gasteiger partial charge on any atom is -0.507 e. The van der Waals surface area contributed by atoms with Crippen LogP contribution >= 0.6 is 0 Å². The quantitative estimate of drug-likeness (QED) is 0.0329. The molecule has 0 radical (unpaired) electrons. The van der Waals surface area contributed by atoms with Gasteiger partial charge in [-0.2, -0.15) is 39.9 Å². The highest BCUT2D eigenvalue weighted by Crippen LogP contribution is 2.48. The number of phenolic OH excluding ortho intramolecular Hbond substituents is 8. The molecule has 0 aliphatic carbocycles. The molecule has 0 bridgehead atoms. The third-order valence-corrected chi connectivity index (χ3v) is 22.3. The summed E-state index contributed by atoms with van der Waals surface area (Å²) >= 11 is 0. The Labute approximate surface area is 751 Å². The van der Waals surface area contributed by atoms with Gasteiger partial charge in [0.15, 0.2) is 46.6 Å². The van der Waals surface area contributed by atoms with Crippen LogP contribution in [-0.4, -0.2) is 158 Å². The van der Waals surface area contributed by atoms with Crippen LogP contribution in [0.3, 0.4) is 0 Å². The average Bonchev–Trinajstić information content (AvgIpc) is 0.746. The number of fused-ring (bicyclic) bond motifs is 12. The largest absolute Gasteiger partial charge is 0.507 e. The maximum Gasteiger partial charge on any atom is 0.320 e. The summed E-state index contributed by atoms with van der Waals surface area (Å²) in [5, 5.41) is 103. The number of phenols is 8. The van der Waals surface area contributed by atoms with E-state index in [9.17, 15) is 40.9 Å². The number of ether oxygens (including phenoxy) is 8. The van der Waals surface area contributed by atoms with Crippen molar-refractivity contribution in [3.05, 3.63) is 279 Å². The van der Waals surface area contributed by atoms with Gasteiger partial charge in [0.05, 0.1) is 56.9 Å². The van der Waals surface area contributed by atoms with E-state index in [-0.39, 0.29) is 116 Å². The summed E-state index contributed by atoms with van der Waals surface area (Å²) in [6, 6.07) is 88.6. The van der Waals surface area contributed by atoms with Gasteiger partial charge in [-0.15, -0.1) is 0 Å². The molecule has 8 N–H and O–H groups in total. The van der Waals surface area contributed by atoms with Gasteiger partial charge >= 0.3 is 24.0 Å². The standard InChI is InChI=1S/C29H21N3O4.3C25H19N3O4/c1-35-17-13-24(33)26(25(34)14-17)28-30-27(31-29(32-28)36-2)23-15-22-18-8-4-3-7-16(18)11-12-21(22)19-9-5-6-10-20(19)23;1-31-16-12-19(29)22(20(30)13-16)24-26-23(27-25(28-24)32-2)21-17-9-5-3-7-14(17)11-15-8-4-6-10-18(15)21;1-31-15-12-20(29)22(21(30)13-15)24-26-23(27-25(28-24)32-2)19-11-14-7-3-4-8-16(14)17-9-5-6-10-18(17)19;1-31-19-12-20(29)22(21(30)13-19)24-26-23(27-25(28-24)32-2)17-8-7-16-9-14-5-3-4-6-15(14)10-18(16)11-17/h3-15,33-34H,1-2H3;3*3-13,29-30H,1-2H3. The number of methoxy groups -OCH3 is 8. The molecule has 0 fully saturated rings. The Morgan fingerprint density at radius 2 is 0.424 bits per heavy atom. The lowest BCUT2D eigenvalue weighted by atomic mass is 9.93. The maximum absolute atomic E-state index is 10.6. The molecule has 0 aliphatic heterocycles. The Hall–Kier alpha value is -18.1. The molecule has 4 heterocycles. The van der Waals surface area contributed by atoms with Crippen molar-refractivity contribution in [2.24, 2.45) is 0 Å². The molecular formula is C104H78N12O16.